The molecule has 0 aliphatic heterocycles. The average molecular weight is 320 g/mol. The van der Waals surface area contributed by atoms with Crippen molar-refractivity contribution >= 4 is 38.2 Å². The van der Waals surface area contributed by atoms with E-state index in [1.54, 1.807) is 25.3 Å². The molecule has 2 aromatic carbocycles. The van der Waals surface area contributed by atoms with Gasteiger partial charge in [-0.15, -0.1) is 0 Å². The summed E-state index contributed by atoms with van der Waals surface area (Å²) in [5, 5.41) is 11.2. The van der Waals surface area contributed by atoms with Gasteiger partial charge in [0.15, 0.2) is 0 Å². The van der Waals surface area contributed by atoms with Crippen LogP contribution in [0.5, 0.6) is 0 Å². The summed E-state index contributed by atoms with van der Waals surface area (Å²) in [6.07, 6.45) is 1.77. The Hall–Kier alpha value is -1.88. The van der Waals surface area contributed by atoms with Gasteiger partial charge in [-0.3, -0.25) is 5.10 Å². The van der Waals surface area contributed by atoms with E-state index >= 15 is 0 Å². The van der Waals surface area contributed by atoms with Gasteiger partial charge in [0.25, 0.3) is 0 Å². The number of fused-ring (bicyclic) bond motifs is 1. The number of nitrogens with one attached hydrogen (secondary N) is 2. The van der Waals surface area contributed by atoms with Crippen molar-refractivity contribution in [3.63, 3.8) is 0 Å². The number of anilines is 2. The van der Waals surface area contributed by atoms with Crippen molar-refractivity contribution in [1.29, 1.82) is 0 Å². The number of aromatic nitrogens is 2. The number of hydrogen-bond acceptors (Lipinski definition) is 2. The molecule has 0 aliphatic carbocycles. The lowest BCUT2D eigenvalue weighted by Crippen LogP contribution is -1.93. The molecule has 0 aliphatic rings. The molecule has 0 saturated carbocycles. The molecule has 3 rings (SSSR count). The van der Waals surface area contributed by atoms with Gasteiger partial charge < -0.3 is 5.32 Å². The third-order valence-electron chi connectivity index (χ3n) is 2.96. The lowest BCUT2D eigenvalue weighted by atomic mass is 10.2. The first-order valence-corrected chi connectivity index (χ1v) is 6.58. The molecule has 1 aromatic heterocycles. The molecule has 3 aromatic rings. The van der Waals surface area contributed by atoms with Gasteiger partial charge in [-0.25, -0.2) is 4.39 Å². The zero-order valence-electron chi connectivity index (χ0n) is 10.2. The molecule has 0 saturated heterocycles. The Labute approximate surface area is 118 Å². The Kier molecular flexibility index (Phi) is 2.98. The Morgan fingerprint density at radius 2 is 2.11 bits per heavy atom. The standard InChI is InChI=1S/C14H11BrFN3/c1-8-4-10(2-3-12(8)16)18-14-5-9-7-17-19-13(9)6-11(14)15/h2-7,18H,1H3,(H,17,19). The molecule has 1 heterocycles. The lowest BCUT2D eigenvalue weighted by molar-refractivity contribution is 0.619. The maximum absolute atomic E-state index is 13.2. The SMILES string of the molecule is Cc1cc(Nc2cc3cn[nH]c3cc2Br)ccc1F. The highest BCUT2D eigenvalue weighted by molar-refractivity contribution is 9.10. The van der Waals surface area contributed by atoms with Crippen LogP contribution < -0.4 is 5.32 Å². The molecular weight excluding hydrogens is 309 g/mol. The number of halogens is 2. The summed E-state index contributed by atoms with van der Waals surface area (Å²) < 4.78 is 14.2. The van der Waals surface area contributed by atoms with Crippen LogP contribution in [0.25, 0.3) is 10.9 Å². The summed E-state index contributed by atoms with van der Waals surface area (Å²) >= 11 is 3.51. The van der Waals surface area contributed by atoms with Crippen LogP contribution in [-0.4, -0.2) is 10.2 Å². The summed E-state index contributed by atoms with van der Waals surface area (Å²) in [6.45, 7) is 1.74. The van der Waals surface area contributed by atoms with E-state index < -0.39 is 0 Å². The quantitative estimate of drug-likeness (QED) is 0.729. The summed E-state index contributed by atoms with van der Waals surface area (Å²) in [5.74, 6) is -0.199. The minimum absolute atomic E-state index is 0.199. The Bertz CT molecular complexity index is 752. The van der Waals surface area contributed by atoms with E-state index in [1.165, 1.54) is 6.07 Å². The molecule has 5 heteroatoms. The van der Waals surface area contributed by atoms with Gasteiger partial charge in [0.1, 0.15) is 5.82 Å². The van der Waals surface area contributed by atoms with Crippen LogP contribution in [-0.2, 0) is 0 Å². The highest BCUT2D eigenvalue weighted by Gasteiger charge is 2.05. The molecule has 0 bridgehead atoms. The maximum atomic E-state index is 13.2. The topological polar surface area (TPSA) is 40.7 Å². The smallest absolute Gasteiger partial charge is 0.126 e. The highest BCUT2D eigenvalue weighted by atomic mass is 79.9. The van der Waals surface area contributed by atoms with Gasteiger partial charge in [-0.1, -0.05) is 0 Å². The molecule has 19 heavy (non-hydrogen) atoms. The minimum atomic E-state index is -0.199. The van der Waals surface area contributed by atoms with Crippen molar-refractivity contribution in [3.05, 3.63) is 52.4 Å². The molecule has 3 nitrogen and oxygen atoms in total. The maximum Gasteiger partial charge on any atom is 0.126 e. The molecule has 0 amide bonds. The molecule has 2 N–H and O–H groups in total. The van der Waals surface area contributed by atoms with Crippen molar-refractivity contribution in [1.82, 2.24) is 10.2 Å². The van der Waals surface area contributed by atoms with E-state index in [9.17, 15) is 4.39 Å². The molecule has 0 spiro atoms. The second kappa shape index (κ2) is 4.66. The van der Waals surface area contributed by atoms with E-state index in [-0.39, 0.29) is 5.82 Å². The van der Waals surface area contributed by atoms with Crippen LogP contribution in [0, 0.1) is 12.7 Å². The summed E-state index contributed by atoms with van der Waals surface area (Å²) in [4.78, 5) is 0. The number of hydrogen-bond donors (Lipinski definition) is 2. The zero-order chi connectivity index (χ0) is 13.4. The highest BCUT2D eigenvalue weighted by Crippen LogP contribution is 2.30. The first-order chi connectivity index (χ1) is 9.13. The predicted molar refractivity (Wildman–Crippen MR) is 78.2 cm³/mol. The molecule has 96 valence electrons. The third-order valence-corrected chi connectivity index (χ3v) is 3.62. The Morgan fingerprint density at radius 3 is 2.89 bits per heavy atom. The molecular formula is C14H11BrFN3. The second-order valence-electron chi connectivity index (χ2n) is 4.38. The van der Waals surface area contributed by atoms with Gasteiger partial charge >= 0.3 is 0 Å². The number of H-pyrrole nitrogens is 1. The normalized spacial score (nSPS) is 10.9. The van der Waals surface area contributed by atoms with Crippen molar-refractivity contribution in [2.24, 2.45) is 0 Å². The number of benzene rings is 2. The second-order valence-corrected chi connectivity index (χ2v) is 5.23. The lowest BCUT2D eigenvalue weighted by Gasteiger charge is -2.10. The van der Waals surface area contributed by atoms with Crippen molar-refractivity contribution in [2.75, 3.05) is 5.32 Å². The number of aromatic amines is 1. The zero-order valence-corrected chi connectivity index (χ0v) is 11.8. The van der Waals surface area contributed by atoms with Gasteiger partial charge in [0.2, 0.25) is 0 Å². The van der Waals surface area contributed by atoms with E-state index in [1.807, 2.05) is 12.1 Å². The van der Waals surface area contributed by atoms with E-state index in [2.05, 4.69) is 31.4 Å². The monoisotopic (exact) mass is 319 g/mol. The molecule has 0 fully saturated rings. The summed E-state index contributed by atoms with van der Waals surface area (Å²) in [6, 6.07) is 8.90. The van der Waals surface area contributed by atoms with E-state index in [0.29, 0.717) is 5.56 Å². The van der Waals surface area contributed by atoms with Gasteiger partial charge in [0.05, 0.1) is 17.4 Å². The largest absolute Gasteiger partial charge is 0.355 e. The van der Waals surface area contributed by atoms with Crippen LogP contribution in [0.2, 0.25) is 0 Å². The van der Waals surface area contributed by atoms with Gasteiger partial charge in [-0.05, 0) is 58.7 Å². The average Bonchev–Trinajstić information content (AvgIpc) is 2.81. The first-order valence-electron chi connectivity index (χ1n) is 5.79. The van der Waals surface area contributed by atoms with Gasteiger partial charge in [0, 0.05) is 15.5 Å². The molecule has 0 radical (unpaired) electrons. The van der Waals surface area contributed by atoms with Crippen LogP contribution >= 0.6 is 15.9 Å². The number of nitrogens with zero attached hydrogens (tertiary/aromatic N) is 1. The van der Waals surface area contributed by atoms with Crippen LogP contribution in [0.15, 0.2) is 41.0 Å². The summed E-state index contributed by atoms with van der Waals surface area (Å²) in [7, 11) is 0. The Balaban J connectivity index is 1.99. The number of aryl methyl sites for hydroxylation is 1. The molecule has 0 atom stereocenters. The van der Waals surface area contributed by atoms with E-state index in [4.69, 9.17) is 0 Å². The minimum Gasteiger partial charge on any atom is -0.355 e. The van der Waals surface area contributed by atoms with E-state index in [0.717, 1.165) is 26.8 Å². The summed E-state index contributed by atoms with van der Waals surface area (Å²) in [5.41, 5.74) is 3.35. The van der Waals surface area contributed by atoms with Crippen LogP contribution in [0.1, 0.15) is 5.56 Å². The molecule has 0 unspecified atom stereocenters. The predicted octanol–water partition coefficient (Wildman–Crippen LogP) is 4.52. The van der Waals surface area contributed by atoms with Crippen molar-refractivity contribution in [3.8, 4) is 0 Å². The van der Waals surface area contributed by atoms with Crippen molar-refractivity contribution in [2.45, 2.75) is 6.92 Å². The van der Waals surface area contributed by atoms with Gasteiger partial charge in [-0.2, -0.15) is 5.10 Å². The third kappa shape index (κ3) is 2.33. The fourth-order valence-corrected chi connectivity index (χ4v) is 2.38. The van der Waals surface area contributed by atoms with Crippen LogP contribution in [0.3, 0.4) is 0 Å². The Morgan fingerprint density at radius 1 is 1.26 bits per heavy atom. The first kappa shape index (κ1) is 12.2. The fraction of sp³-hybridized carbons (Fsp3) is 0.0714. The van der Waals surface area contributed by atoms with Crippen molar-refractivity contribution < 1.29 is 4.39 Å². The number of rotatable bonds is 2. The van der Waals surface area contributed by atoms with Crippen LogP contribution in [0.4, 0.5) is 15.8 Å². The fourth-order valence-electron chi connectivity index (χ4n) is 1.94.